The second-order valence-corrected chi connectivity index (χ2v) is 7.33. The first-order valence-electron chi connectivity index (χ1n) is 6.02. The van der Waals surface area contributed by atoms with Gasteiger partial charge in [-0.15, -0.1) is 0 Å². The van der Waals surface area contributed by atoms with Crippen LogP contribution in [0.25, 0.3) is 0 Å². The van der Waals surface area contributed by atoms with E-state index in [2.05, 4.69) is 14.4 Å². The molecule has 0 amide bonds. The van der Waals surface area contributed by atoms with Gasteiger partial charge in [0, 0.05) is 5.69 Å². The Hall–Kier alpha value is -1.19. The summed E-state index contributed by atoms with van der Waals surface area (Å²) in [7, 11) is -2.74. The van der Waals surface area contributed by atoms with E-state index in [9.17, 15) is 18.0 Å². The average Bonchev–Trinajstić information content (AvgIpc) is 2.74. The van der Waals surface area contributed by atoms with Crippen LogP contribution in [0.3, 0.4) is 0 Å². The van der Waals surface area contributed by atoms with E-state index in [1.165, 1.54) is 14.0 Å². The van der Waals surface area contributed by atoms with Gasteiger partial charge in [0.1, 0.15) is 6.04 Å². The predicted molar refractivity (Wildman–Crippen MR) is 75.3 cm³/mol. The Morgan fingerprint density at radius 2 is 2.10 bits per heavy atom. The molecule has 114 valence electrons. The van der Waals surface area contributed by atoms with Crippen molar-refractivity contribution in [3.05, 3.63) is 15.4 Å². The lowest BCUT2D eigenvalue weighted by atomic mass is 10.0. The van der Waals surface area contributed by atoms with Crippen LogP contribution in [0.5, 0.6) is 0 Å². The lowest BCUT2D eigenvalue weighted by molar-refractivity contribution is -0.143. The van der Waals surface area contributed by atoms with E-state index in [0.29, 0.717) is 17.8 Å². The van der Waals surface area contributed by atoms with Gasteiger partial charge in [0.2, 0.25) is 0 Å². The highest BCUT2D eigenvalue weighted by atomic mass is 32.2. The van der Waals surface area contributed by atoms with Crippen molar-refractivity contribution >= 4 is 27.3 Å². The number of carbonyl (C=O) groups is 1. The summed E-state index contributed by atoms with van der Waals surface area (Å²) in [5, 5.41) is 0. The molecule has 9 heteroatoms. The Labute approximate surface area is 121 Å². The maximum atomic E-state index is 12.3. The van der Waals surface area contributed by atoms with Gasteiger partial charge in [-0.2, -0.15) is 4.72 Å². The number of H-pyrrole nitrogens is 1. The minimum absolute atomic E-state index is 0.111. The van der Waals surface area contributed by atoms with E-state index in [1.807, 2.05) is 6.92 Å². The number of ether oxygens (including phenoxy) is 1. The van der Waals surface area contributed by atoms with Crippen LogP contribution in [-0.4, -0.2) is 32.5 Å². The Balaban J connectivity index is 3.12. The summed E-state index contributed by atoms with van der Waals surface area (Å²) in [5.74, 6) is -0.878. The fourth-order valence-electron chi connectivity index (χ4n) is 1.63. The summed E-state index contributed by atoms with van der Waals surface area (Å²) >= 11 is 0.588. The molecule has 2 atom stereocenters. The van der Waals surface area contributed by atoms with Gasteiger partial charge in [0.05, 0.1) is 7.11 Å². The van der Waals surface area contributed by atoms with Gasteiger partial charge in [-0.3, -0.25) is 9.59 Å². The SMILES string of the molecule is CCC(C)C(NS(=O)(=O)c1sc(=O)[nH]c1C)C(=O)OC. The molecular formula is C11H18N2O5S2. The largest absolute Gasteiger partial charge is 0.468 e. The third kappa shape index (κ3) is 3.68. The Bertz CT molecular complexity index is 631. The van der Waals surface area contributed by atoms with Crippen LogP contribution in [0, 0.1) is 12.8 Å². The highest BCUT2D eigenvalue weighted by Crippen LogP contribution is 2.18. The normalized spacial score (nSPS) is 14.8. The number of rotatable bonds is 6. The number of nitrogens with one attached hydrogen (secondary N) is 2. The fraction of sp³-hybridized carbons (Fsp3) is 0.636. The molecular weight excluding hydrogens is 304 g/mol. The second-order valence-electron chi connectivity index (χ2n) is 4.43. The summed E-state index contributed by atoms with van der Waals surface area (Å²) in [4.78, 5) is 24.8. The molecule has 7 nitrogen and oxygen atoms in total. The van der Waals surface area contributed by atoms with E-state index in [0.717, 1.165) is 0 Å². The monoisotopic (exact) mass is 322 g/mol. The highest BCUT2D eigenvalue weighted by molar-refractivity contribution is 7.91. The Kier molecular flexibility index (Phi) is 5.49. The van der Waals surface area contributed by atoms with E-state index >= 15 is 0 Å². The fourth-order valence-corrected chi connectivity index (χ4v) is 4.24. The lowest BCUT2D eigenvalue weighted by Gasteiger charge is -2.21. The van der Waals surface area contributed by atoms with Crippen molar-refractivity contribution in [3.63, 3.8) is 0 Å². The first-order chi connectivity index (χ1) is 9.22. The van der Waals surface area contributed by atoms with Crippen LogP contribution in [0.2, 0.25) is 0 Å². The van der Waals surface area contributed by atoms with Crippen LogP contribution >= 0.6 is 11.3 Å². The number of hydrogen-bond acceptors (Lipinski definition) is 6. The van der Waals surface area contributed by atoms with Crippen molar-refractivity contribution in [2.75, 3.05) is 7.11 Å². The van der Waals surface area contributed by atoms with Crippen molar-refractivity contribution in [2.45, 2.75) is 37.4 Å². The molecule has 20 heavy (non-hydrogen) atoms. The number of aryl methyl sites for hydroxylation is 1. The van der Waals surface area contributed by atoms with E-state index in [-0.39, 0.29) is 15.8 Å². The number of aromatic amines is 1. The minimum atomic E-state index is -3.94. The third-order valence-electron chi connectivity index (χ3n) is 2.98. The van der Waals surface area contributed by atoms with Gasteiger partial charge in [-0.1, -0.05) is 31.6 Å². The van der Waals surface area contributed by atoms with Crippen molar-refractivity contribution in [2.24, 2.45) is 5.92 Å². The van der Waals surface area contributed by atoms with E-state index < -0.39 is 26.9 Å². The summed E-state index contributed by atoms with van der Waals surface area (Å²) in [6.45, 7) is 5.08. The van der Waals surface area contributed by atoms with Gasteiger partial charge in [0.15, 0.2) is 4.21 Å². The molecule has 0 spiro atoms. The lowest BCUT2D eigenvalue weighted by Crippen LogP contribution is -2.45. The number of hydrogen-bond donors (Lipinski definition) is 2. The number of thiazole rings is 1. The quantitative estimate of drug-likeness (QED) is 0.747. The van der Waals surface area contributed by atoms with Gasteiger partial charge >= 0.3 is 10.8 Å². The van der Waals surface area contributed by atoms with Crippen molar-refractivity contribution < 1.29 is 17.9 Å². The highest BCUT2D eigenvalue weighted by Gasteiger charge is 2.32. The first-order valence-corrected chi connectivity index (χ1v) is 8.32. The smallest absolute Gasteiger partial charge is 0.324 e. The predicted octanol–water partition coefficient (Wildman–Crippen LogP) is 0.611. The molecule has 1 rings (SSSR count). The van der Waals surface area contributed by atoms with Crippen LogP contribution in [0.1, 0.15) is 26.0 Å². The summed E-state index contributed by atoms with van der Waals surface area (Å²) in [6.07, 6.45) is 0.602. The van der Waals surface area contributed by atoms with E-state index in [1.54, 1.807) is 6.92 Å². The Morgan fingerprint density at radius 3 is 2.50 bits per heavy atom. The van der Waals surface area contributed by atoms with Crippen LogP contribution in [0.15, 0.2) is 9.00 Å². The number of methoxy groups -OCH3 is 1. The minimum Gasteiger partial charge on any atom is -0.468 e. The molecule has 0 aliphatic rings. The van der Waals surface area contributed by atoms with Gasteiger partial charge in [0.25, 0.3) is 10.0 Å². The second kappa shape index (κ2) is 6.51. The molecule has 0 aliphatic heterocycles. The molecule has 0 saturated carbocycles. The molecule has 0 saturated heterocycles. The summed E-state index contributed by atoms with van der Waals surface area (Å²) < 4.78 is 31.3. The van der Waals surface area contributed by atoms with Crippen LogP contribution in [-0.2, 0) is 19.6 Å². The van der Waals surface area contributed by atoms with Gasteiger partial charge in [-0.05, 0) is 12.8 Å². The molecule has 0 bridgehead atoms. The summed E-state index contributed by atoms with van der Waals surface area (Å²) in [6, 6.07) is -0.980. The number of sulfonamides is 1. The van der Waals surface area contributed by atoms with Gasteiger partial charge in [-0.25, -0.2) is 8.42 Å². The number of esters is 1. The zero-order chi connectivity index (χ0) is 15.5. The van der Waals surface area contributed by atoms with Crippen molar-refractivity contribution in [1.29, 1.82) is 0 Å². The molecule has 1 heterocycles. The van der Waals surface area contributed by atoms with E-state index in [4.69, 9.17) is 0 Å². The Morgan fingerprint density at radius 1 is 1.50 bits per heavy atom. The molecule has 2 N–H and O–H groups in total. The molecule has 0 fully saturated rings. The standard InChI is InChI=1S/C11H18N2O5S2/c1-5-6(2)8(9(14)18-4)13-20(16,17)10-7(3)12-11(15)19-10/h6,8,13H,5H2,1-4H3,(H,12,15). The molecule has 1 aromatic heterocycles. The zero-order valence-corrected chi connectivity index (χ0v) is 13.4. The molecule has 0 aliphatic carbocycles. The maximum Gasteiger partial charge on any atom is 0.324 e. The number of carbonyl (C=O) groups excluding carboxylic acids is 1. The summed E-state index contributed by atoms with van der Waals surface area (Å²) in [5.41, 5.74) is 0.250. The average molecular weight is 322 g/mol. The first kappa shape index (κ1) is 16.9. The maximum absolute atomic E-state index is 12.3. The molecule has 0 radical (unpaired) electrons. The topological polar surface area (TPSA) is 105 Å². The number of aromatic nitrogens is 1. The van der Waals surface area contributed by atoms with Gasteiger partial charge < -0.3 is 9.72 Å². The van der Waals surface area contributed by atoms with Crippen LogP contribution in [0.4, 0.5) is 0 Å². The van der Waals surface area contributed by atoms with Crippen molar-refractivity contribution in [3.8, 4) is 0 Å². The zero-order valence-electron chi connectivity index (χ0n) is 11.7. The third-order valence-corrected chi connectivity index (χ3v) is 6.02. The van der Waals surface area contributed by atoms with Crippen molar-refractivity contribution in [1.82, 2.24) is 9.71 Å². The van der Waals surface area contributed by atoms with Crippen LogP contribution < -0.4 is 9.60 Å². The molecule has 0 aromatic carbocycles. The molecule has 2 unspecified atom stereocenters. The molecule has 1 aromatic rings.